The summed E-state index contributed by atoms with van der Waals surface area (Å²) in [5, 5.41) is 3.70. The summed E-state index contributed by atoms with van der Waals surface area (Å²) < 4.78 is 13.6. The molecule has 1 N–H and O–H groups in total. The molecule has 0 fully saturated rings. The summed E-state index contributed by atoms with van der Waals surface area (Å²) in [4.78, 5) is 29.1. The van der Waals surface area contributed by atoms with Crippen LogP contribution >= 0.6 is 11.6 Å². The Bertz CT molecular complexity index is 1230. The maximum absolute atomic E-state index is 13.8. The topological polar surface area (TPSA) is 49.4 Å². The first-order valence-corrected chi connectivity index (χ1v) is 13.6. The van der Waals surface area contributed by atoms with Gasteiger partial charge in [-0.2, -0.15) is 0 Å². The van der Waals surface area contributed by atoms with E-state index < -0.39 is 6.04 Å². The van der Waals surface area contributed by atoms with Gasteiger partial charge in [-0.1, -0.05) is 77.8 Å². The minimum absolute atomic E-state index is 0.129. The molecule has 0 spiro atoms. The molecular weight excluding hydrogens is 499 g/mol. The quantitative estimate of drug-likeness (QED) is 0.280. The van der Waals surface area contributed by atoms with E-state index in [1.54, 1.807) is 29.2 Å². The minimum atomic E-state index is -0.720. The molecule has 4 nitrogen and oxygen atoms in total. The monoisotopic (exact) mass is 532 g/mol. The van der Waals surface area contributed by atoms with Crippen LogP contribution < -0.4 is 5.32 Å². The number of hydrogen-bond acceptors (Lipinski definition) is 2. The van der Waals surface area contributed by atoms with Crippen molar-refractivity contribution in [3.63, 3.8) is 0 Å². The van der Waals surface area contributed by atoms with Crippen LogP contribution in [0.5, 0.6) is 0 Å². The van der Waals surface area contributed by atoms with Gasteiger partial charge in [-0.15, -0.1) is 0 Å². The average molecular weight is 533 g/mol. The fourth-order valence-corrected chi connectivity index (χ4v) is 4.94. The number of hydrogen-bond donors (Lipinski definition) is 1. The molecule has 6 heteroatoms. The van der Waals surface area contributed by atoms with E-state index in [-0.39, 0.29) is 30.6 Å². The maximum Gasteiger partial charge on any atom is 0.243 e. The van der Waals surface area contributed by atoms with Gasteiger partial charge in [0, 0.05) is 24.5 Å². The smallest absolute Gasteiger partial charge is 0.243 e. The van der Waals surface area contributed by atoms with Crippen LogP contribution in [0.2, 0.25) is 5.02 Å². The Balaban J connectivity index is 1.58. The third-order valence-corrected chi connectivity index (χ3v) is 7.19. The number of carbonyl (C=O) groups is 2. The molecule has 2 amide bonds. The SMILES string of the molecule is O=C(NCCC1=CCCCC1)[C@@H](Cc1ccccc1)N(Cc1ccc(F)cc1)C(=O)Cc1ccc(Cl)cc1. The first-order chi connectivity index (χ1) is 18.5. The van der Waals surface area contributed by atoms with Crippen molar-refractivity contribution in [2.24, 2.45) is 0 Å². The third-order valence-electron chi connectivity index (χ3n) is 6.94. The van der Waals surface area contributed by atoms with Crippen LogP contribution in [0.1, 0.15) is 48.8 Å². The third kappa shape index (κ3) is 8.29. The van der Waals surface area contributed by atoms with E-state index in [4.69, 9.17) is 11.6 Å². The second-order valence-corrected chi connectivity index (χ2v) is 10.2. The zero-order valence-electron chi connectivity index (χ0n) is 21.5. The molecule has 1 aliphatic rings. The number of nitrogens with zero attached hydrogens (tertiary/aromatic N) is 1. The van der Waals surface area contributed by atoms with Gasteiger partial charge < -0.3 is 10.2 Å². The van der Waals surface area contributed by atoms with E-state index in [0.717, 1.165) is 36.0 Å². The van der Waals surface area contributed by atoms with Crippen molar-refractivity contribution in [1.29, 1.82) is 0 Å². The Morgan fingerprint density at radius 2 is 1.61 bits per heavy atom. The summed E-state index contributed by atoms with van der Waals surface area (Å²) in [6.45, 7) is 0.731. The van der Waals surface area contributed by atoms with Crippen LogP contribution in [0.4, 0.5) is 4.39 Å². The standard InChI is InChI=1S/C32H34ClFN2O2/c33-28-15-11-26(12-16-28)22-31(37)36(23-27-13-17-29(34)18-14-27)30(21-25-9-5-2-6-10-25)32(38)35-20-19-24-7-3-1-4-8-24/h2,5-7,9-18,30H,1,3-4,8,19-23H2,(H,35,38)/t30-/m1/s1. The maximum atomic E-state index is 13.8. The zero-order chi connectivity index (χ0) is 26.7. The van der Waals surface area contributed by atoms with E-state index in [1.807, 2.05) is 42.5 Å². The van der Waals surface area contributed by atoms with Crippen molar-refractivity contribution >= 4 is 23.4 Å². The lowest BCUT2D eigenvalue weighted by molar-refractivity contribution is -0.140. The van der Waals surface area contributed by atoms with Crippen molar-refractivity contribution in [2.75, 3.05) is 6.54 Å². The Kier molecular flexibility index (Phi) is 10.1. The minimum Gasteiger partial charge on any atom is -0.354 e. The van der Waals surface area contributed by atoms with Gasteiger partial charge >= 0.3 is 0 Å². The molecule has 3 aromatic rings. The van der Waals surface area contributed by atoms with Crippen LogP contribution in [0.3, 0.4) is 0 Å². The molecule has 0 bridgehead atoms. The van der Waals surface area contributed by atoms with Gasteiger partial charge in [0.25, 0.3) is 0 Å². The molecule has 0 saturated carbocycles. The molecule has 0 radical (unpaired) electrons. The summed E-state index contributed by atoms with van der Waals surface area (Å²) in [5.41, 5.74) is 3.92. The van der Waals surface area contributed by atoms with Gasteiger partial charge in [0.05, 0.1) is 6.42 Å². The average Bonchev–Trinajstić information content (AvgIpc) is 2.94. The molecule has 1 atom stereocenters. The number of benzene rings is 3. The van der Waals surface area contributed by atoms with Crippen molar-refractivity contribution in [1.82, 2.24) is 10.2 Å². The fourth-order valence-electron chi connectivity index (χ4n) is 4.81. The molecule has 0 saturated heterocycles. The van der Waals surface area contributed by atoms with Crippen LogP contribution in [0, 0.1) is 5.82 Å². The van der Waals surface area contributed by atoms with Gasteiger partial charge in [-0.25, -0.2) is 4.39 Å². The number of amides is 2. The van der Waals surface area contributed by atoms with Crippen molar-refractivity contribution in [3.05, 3.63) is 118 Å². The van der Waals surface area contributed by atoms with Crippen LogP contribution in [0.25, 0.3) is 0 Å². The van der Waals surface area contributed by atoms with Gasteiger partial charge in [0.2, 0.25) is 11.8 Å². The summed E-state index contributed by atoms with van der Waals surface area (Å²) in [5.74, 6) is -0.706. The van der Waals surface area contributed by atoms with Crippen molar-refractivity contribution < 1.29 is 14.0 Å². The Labute approximate surface area is 229 Å². The largest absolute Gasteiger partial charge is 0.354 e. The first-order valence-electron chi connectivity index (χ1n) is 13.3. The molecule has 0 unspecified atom stereocenters. The van der Waals surface area contributed by atoms with E-state index in [9.17, 15) is 14.0 Å². The molecule has 38 heavy (non-hydrogen) atoms. The van der Waals surface area contributed by atoms with Crippen molar-refractivity contribution in [3.8, 4) is 0 Å². The summed E-state index contributed by atoms with van der Waals surface area (Å²) >= 11 is 6.03. The van der Waals surface area contributed by atoms with Crippen LogP contribution in [-0.4, -0.2) is 29.3 Å². The molecule has 0 heterocycles. The number of rotatable bonds is 11. The molecule has 1 aliphatic carbocycles. The Morgan fingerprint density at radius 1 is 0.895 bits per heavy atom. The van der Waals surface area contributed by atoms with Crippen molar-refractivity contribution in [2.45, 2.75) is 57.5 Å². The first kappa shape index (κ1) is 27.6. The van der Waals surface area contributed by atoms with E-state index >= 15 is 0 Å². The fraction of sp³-hybridized carbons (Fsp3) is 0.312. The number of carbonyl (C=O) groups excluding carboxylic acids is 2. The lowest BCUT2D eigenvalue weighted by Gasteiger charge is -2.32. The van der Waals surface area contributed by atoms with Gasteiger partial charge in [0.15, 0.2) is 0 Å². The lowest BCUT2D eigenvalue weighted by atomic mass is 9.97. The van der Waals surface area contributed by atoms with Crippen LogP contribution in [0.15, 0.2) is 90.5 Å². The lowest BCUT2D eigenvalue weighted by Crippen LogP contribution is -2.51. The highest BCUT2D eigenvalue weighted by atomic mass is 35.5. The highest BCUT2D eigenvalue weighted by Crippen LogP contribution is 2.20. The molecule has 0 aromatic heterocycles. The highest BCUT2D eigenvalue weighted by molar-refractivity contribution is 6.30. The molecular formula is C32H34ClFN2O2. The Hall–Kier alpha value is -3.44. The molecule has 3 aromatic carbocycles. The number of allylic oxidation sites excluding steroid dienone is 1. The molecule has 0 aliphatic heterocycles. The highest BCUT2D eigenvalue weighted by Gasteiger charge is 2.30. The van der Waals surface area contributed by atoms with Gasteiger partial charge in [-0.05, 0) is 73.1 Å². The number of halogens is 2. The number of nitrogens with one attached hydrogen (secondary N) is 1. The molecule has 4 rings (SSSR count). The van der Waals surface area contributed by atoms with Crippen LogP contribution in [-0.2, 0) is 29.0 Å². The summed E-state index contributed by atoms with van der Waals surface area (Å²) in [6.07, 6.45) is 8.22. The normalized spacial score (nSPS) is 13.9. The van der Waals surface area contributed by atoms with Gasteiger partial charge in [0.1, 0.15) is 11.9 Å². The van der Waals surface area contributed by atoms with E-state index in [1.165, 1.54) is 30.5 Å². The van der Waals surface area contributed by atoms with E-state index in [0.29, 0.717) is 18.0 Å². The van der Waals surface area contributed by atoms with Gasteiger partial charge in [-0.3, -0.25) is 9.59 Å². The zero-order valence-corrected chi connectivity index (χ0v) is 22.3. The second kappa shape index (κ2) is 13.9. The second-order valence-electron chi connectivity index (χ2n) is 9.81. The summed E-state index contributed by atoms with van der Waals surface area (Å²) in [7, 11) is 0. The summed E-state index contributed by atoms with van der Waals surface area (Å²) in [6, 6.07) is 22.2. The van der Waals surface area contributed by atoms with E-state index in [2.05, 4.69) is 11.4 Å². The predicted molar refractivity (Wildman–Crippen MR) is 150 cm³/mol. The Morgan fingerprint density at radius 3 is 2.29 bits per heavy atom. The predicted octanol–water partition coefficient (Wildman–Crippen LogP) is 6.67. The molecule has 198 valence electrons.